The smallest absolute Gasteiger partial charge is 0.273 e. The van der Waals surface area contributed by atoms with Gasteiger partial charge in [0, 0.05) is 38.9 Å². The van der Waals surface area contributed by atoms with Gasteiger partial charge in [-0.3, -0.25) is 14.9 Å². The van der Waals surface area contributed by atoms with E-state index in [2.05, 4.69) is 25.8 Å². The van der Waals surface area contributed by atoms with Crippen molar-refractivity contribution in [2.24, 2.45) is 0 Å². The molecule has 6 rings (SSSR count). The number of aromatic amines is 1. The first-order valence-electron chi connectivity index (χ1n) is 13.3. The lowest BCUT2D eigenvalue weighted by Gasteiger charge is -2.11. The predicted molar refractivity (Wildman–Crippen MR) is 167 cm³/mol. The average Bonchev–Trinajstić information content (AvgIpc) is 3.74. The highest BCUT2D eigenvalue weighted by Gasteiger charge is 2.21. The number of nitrogens with one attached hydrogen (secondary N) is 3. The zero-order chi connectivity index (χ0) is 30.3. The van der Waals surface area contributed by atoms with Gasteiger partial charge in [-0.1, -0.05) is 67.9 Å². The maximum absolute atomic E-state index is 13.5. The summed E-state index contributed by atoms with van der Waals surface area (Å²) in [5.41, 5.74) is 4.70. The zero-order valence-electron chi connectivity index (χ0n) is 23.3. The van der Waals surface area contributed by atoms with Crippen molar-refractivity contribution in [1.29, 1.82) is 0 Å². The first kappa shape index (κ1) is 28.3. The van der Waals surface area contributed by atoms with E-state index < -0.39 is 11.7 Å². The van der Waals surface area contributed by atoms with Gasteiger partial charge in [-0.15, -0.1) is 11.3 Å². The van der Waals surface area contributed by atoms with Gasteiger partial charge in [-0.25, -0.2) is 9.37 Å². The number of anilines is 2. The number of hydrogen-bond acceptors (Lipinski definition) is 6. The van der Waals surface area contributed by atoms with Gasteiger partial charge in [-0.2, -0.15) is 0 Å². The van der Waals surface area contributed by atoms with E-state index in [1.807, 2.05) is 68.6 Å². The highest BCUT2D eigenvalue weighted by atomic mass is 35.5. The van der Waals surface area contributed by atoms with Crippen LogP contribution in [0.5, 0.6) is 0 Å². The van der Waals surface area contributed by atoms with Gasteiger partial charge in [0.1, 0.15) is 17.3 Å². The van der Waals surface area contributed by atoms with Gasteiger partial charge < -0.3 is 14.8 Å². The third-order valence-corrected chi connectivity index (χ3v) is 7.80. The SMILES string of the molecule is CC(C)(C)c1cc(NC(=O)c2cc3ccc(-c4cccc(-c5csc(NC(=O)c6ccc(F)c(Cl)c6)n5)c4)cc3[nH]2)no1. The topological polar surface area (TPSA) is 113 Å². The highest BCUT2D eigenvalue weighted by molar-refractivity contribution is 7.14. The number of amides is 2. The lowest BCUT2D eigenvalue weighted by molar-refractivity contribution is 0.101. The lowest BCUT2D eigenvalue weighted by Crippen LogP contribution is -2.12. The summed E-state index contributed by atoms with van der Waals surface area (Å²) in [5, 5.41) is 12.5. The van der Waals surface area contributed by atoms with Gasteiger partial charge >= 0.3 is 0 Å². The molecule has 43 heavy (non-hydrogen) atoms. The van der Waals surface area contributed by atoms with E-state index in [4.69, 9.17) is 16.1 Å². The van der Waals surface area contributed by atoms with Crippen LogP contribution in [0, 0.1) is 5.82 Å². The maximum atomic E-state index is 13.5. The Hall–Kier alpha value is -4.80. The van der Waals surface area contributed by atoms with Crippen LogP contribution in [0.2, 0.25) is 5.02 Å². The molecule has 216 valence electrons. The second-order valence-electron chi connectivity index (χ2n) is 11.0. The molecule has 0 aliphatic carbocycles. The van der Waals surface area contributed by atoms with E-state index in [1.54, 1.807) is 12.1 Å². The second-order valence-corrected chi connectivity index (χ2v) is 12.2. The van der Waals surface area contributed by atoms with Crippen LogP contribution in [0.15, 0.2) is 82.7 Å². The van der Waals surface area contributed by atoms with Gasteiger partial charge in [0.15, 0.2) is 10.9 Å². The molecule has 6 aromatic rings. The molecule has 0 aliphatic heterocycles. The average molecular weight is 614 g/mol. The standard InChI is InChI=1S/C32H25ClFN5O3S/c1-32(2,3)27-15-28(39-42-27)37-30(41)25-14-20-8-7-18(13-24(20)35-25)17-5-4-6-19(11-17)26-16-43-31(36-26)38-29(40)21-9-10-23(34)22(33)12-21/h4-16,35H,1-3H3,(H,36,38,40)(H,37,39,41). The molecule has 0 saturated carbocycles. The van der Waals surface area contributed by atoms with Gasteiger partial charge in [0.2, 0.25) is 0 Å². The highest BCUT2D eigenvalue weighted by Crippen LogP contribution is 2.31. The van der Waals surface area contributed by atoms with Crippen LogP contribution in [0.1, 0.15) is 47.4 Å². The van der Waals surface area contributed by atoms with Gasteiger partial charge in [-0.05, 0) is 47.5 Å². The third-order valence-electron chi connectivity index (χ3n) is 6.76. The number of benzene rings is 3. The number of fused-ring (bicyclic) bond motifs is 1. The normalized spacial score (nSPS) is 11.6. The molecule has 2 amide bonds. The summed E-state index contributed by atoms with van der Waals surface area (Å²) >= 11 is 7.09. The van der Waals surface area contributed by atoms with Crippen LogP contribution in [-0.2, 0) is 5.41 Å². The summed E-state index contributed by atoms with van der Waals surface area (Å²) < 4.78 is 18.8. The van der Waals surface area contributed by atoms with Crippen LogP contribution in [-0.4, -0.2) is 26.9 Å². The predicted octanol–water partition coefficient (Wildman–Crippen LogP) is 8.54. The largest absolute Gasteiger partial charge is 0.359 e. The van der Waals surface area contributed by atoms with E-state index >= 15 is 0 Å². The third kappa shape index (κ3) is 6.06. The summed E-state index contributed by atoms with van der Waals surface area (Å²) in [7, 11) is 0. The summed E-state index contributed by atoms with van der Waals surface area (Å²) in [6.45, 7) is 6.02. The number of rotatable bonds is 6. The number of aromatic nitrogens is 3. The molecule has 0 unspecified atom stereocenters. The fourth-order valence-electron chi connectivity index (χ4n) is 4.43. The Labute approximate surface area is 254 Å². The molecule has 0 spiro atoms. The number of nitrogens with zero attached hydrogens (tertiary/aromatic N) is 2. The van der Waals surface area contributed by atoms with Gasteiger partial charge in [0.25, 0.3) is 11.8 Å². The number of H-pyrrole nitrogens is 1. The number of hydrogen-bond donors (Lipinski definition) is 3. The fourth-order valence-corrected chi connectivity index (χ4v) is 5.32. The Kier molecular flexibility index (Phi) is 7.33. The van der Waals surface area contributed by atoms with Crippen molar-refractivity contribution in [2.75, 3.05) is 10.6 Å². The number of carbonyl (C=O) groups excluding carboxylic acids is 2. The molecule has 11 heteroatoms. The monoisotopic (exact) mass is 613 g/mol. The number of carbonyl (C=O) groups is 2. The first-order chi connectivity index (χ1) is 20.5. The lowest BCUT2D eigenvalue weighted by atomic mass is 9.93. The Bertz CT molecular complexity index is 2010. The van der Waals surface area contributed by atoms with E-state index in [1.165, 1.54) is 23.5 Å². The van der Waals surface area contributed by atoms with E-state index in [9.17, 15) is 14.0 Å². The molecule has 0 fully saturated rings. The number of halogens is 2. The maximum Gasteiger partial charge on any atom is 0.273 e. The van der Waals surface area contributed by atoms with E-state index in [0.717, 1.165) is 33.7 Å². The van der Waals surface area contributed by atoms with E-state index in [0.29, 0.717) is 28.1 Å². The molecule has 3 N–H and O–H groups in total. The molecule has 0 radical (unpaired) electrons. The molecule has 8 nitrogen and oxygen atoms in total. The van der Waals surface area contributed by atoms with Crippen molar-refractivity contribution in [2.45, 2.75) is 26.2 Å². The first-order valence-corrected chi connectivity index (χ1v) is 14.5. The molecular weight excluding hydrogens is 589 g/mol. The van der Waals surface area contributed by atoms with E-state index in [-0.39, 0.29) is 21.9 Å². The molecule has 0 atom stereocenters. The van der Waals surface area contributed by atoms with Crippen LogP contribution in [0.25, 0.3) is 33.3 Å². The molecule has 0 aliphatic rings. The Morgan fingerprint density at radius 1 is 0.930 bits per heavy atom. The summed E-state index contributed by atoms with van der Waals surface area (Å²) in [4.78, 5) is 33.2. The van der Waals surface area contributed by atoms with Crippen LogP contribution >= 0.6 is 22.9 Å². The molecule has 3 aromatic heterocycles. The minimum Gasteiger partial charge on any atom is -0.359 e. The second kappa shape index (κ2) is 11.1. The van der Waals surface area contributed by atoms with Crippen molar-refractivity contribution in [3.63, 3.8) is 0 Å². The minimum absolute atomic E-state index is 0.123. The summed E-state index contributed by atoms with van der Waals surface area (Å²) in [6, 6.07) is 21.1. The summed E-state index contributed by atoms with van der Waals surface area (Å²) in [5.74, 6) is -0.299. The van der Waals surface area contributed by atoms with Crippen molar-refractivity contribution >= 4 is 56.6 Å². The van der Waals surface area contributed by atoms with Crippen molar-refractivity contribution in [3.05, 3.63) is 106 Å². The molecule has 3 aromatic carbocycles. The van der Waals surface area contributed by atoms with Crippen molar-refractivity contribution in [1.82, 2.24) is 15.1 Å². The number of thiazole rings is 1. The van der Waals surface area contributed by atoms with Crippen LogP contribution < -0.4 is 10.6 Å². The van der Waals surface area contributed by atoms with Crippen LogP contribution in [0.4, 0.5) is 15.3 Å². The van der Waals surface area contributed by atoms with Crippen LogP contribution in [0.3, 0.4) is 0 Å². The quantitative estimate of drug-likeness (QED) is 0.174. The van der Waals surface area contributed by atoms with Gasteiger partial charge in [0.05, 0.1) is 10.7 Å². The summed E-state index contributed by atoms with van der Waals surface area (Å²) in [6.07, 6.45) is 0. The van der Waals surface area contributed by atoms with Crippen molar-refractivity contribution < 1.29 is 18.5 Å². The molecule has 3 heterocycles. The fraction of sp³-hybridized carbons (Fsp3) is 0.125. The molecule has 0 saturated heterocycles. The minimum atomic E-state index is -0.589. The Morgan fingerprint density at radius 3 is 2.49 bits per heavy atom. The molecular formula is C32H25ClFN5O3S. The Morgan fingerprint density at radius 2 is 1.72 bits per heavy atom. The molecule has 0 bridgehead atoms. The zero-order valence-corrected chi connectivity index (χ0v) is 24.9. The van der Waals surface area contributed by atoms with Crippen molar-refractivity contribution in [3.8, 4) is 22.4 Å². The Balaban J connectivity index is 1.18.